The molecule has 0 aliphatic carbocycles. The Bertz CT molecular complexity index is 623. The van der Waals surface area contributed by atoms with Gasteiger partial charge in [-0.15, -0.1) is 0 Å². The molecule has 0 radical (unpaired) electrons. The molecule has 0 heterocycles. The molecule has 0 aliphatic rings. The van der Waals surface area contributed by atoms with E-state index in [2.05, 4.69) is 0 Å². The molecule has 19 heavy (non-hydrogen) atoms. The van der Waals surface area contributed by atoms with Gasteiger partial charge < -0.3 is 15.9 Å². The Kier molecular flexibility index (Phi) is 4.12. The molecule has 0 saturated carbocycles. The lowest BCUT2D eigenvalue weighted by Gasteiger charge is -2.12. The van der Waals surface area contributed by atoms with Crippen LogP contribution in [0, 0.1) is 0 Å². The van der Waals surface area contributed by atoms with Gasteiger partial charge in [0.25, 0.3) is 10.1 Å². The lowest BCUT2D eigenvalue weighted by atomic mass is 9.96. The molecule has 1 atom stereocenters. The molecule has 1 unspecified atom stereocenters. The smallest absolute Gasteiger partial charge is 0.311 e. The SMILES string of the molecule is Nc1ccc(C(CC(=O)O)C(=O)O)cc1S(=O)(=O)O. The maximum absolute atomic E-state index is 11.0. The van der Waals surface area contributed by atoms with Gasteiger partial charge in [0.05, 0.1) is 18.0 Å². The predicted octanol–water partition coefficient (Wildman–Crippen LogP) is 0.158. The van der Waals surface area contributed by atoms with E-state index in [0.29, 0.717) is 0 Å². The summed E-state index contributed by atoms with van der Waals surface area (Å²) in [4.78, 5) is 20.9. The zero-order valence-electron chi connectivity index (χ0n) is 9.48. The van der Waals surface area contributed by atoms with Crippen LogP contribution >= 0.6 is 0 Å². The fourth-order valence-corrected chi connectivity index (χ4v) is 2.16. The number of benzene rings is 1. The molecule has 1 aromatic rings. The van der Waals surface area contributed by atoms with Crippen molar-refractivity contribution in [3.05, 3.63) is 23.8 Å². The third kappa shape index (κ3) is 3.66. The molecule has 0 spiro atoms. The van der Waals surface area contributed by atoms with Crippen molar-refractivity contribution in [2.24, 2.45) is 0 Å². The number of hydrogen-bond acceptors (Lipinski definition) is 5. The van der Waals surface area contributed by atoms with Crippen LogP contribution in [0.2, 0.25) is 0 Å². The number of nitrogen functional groups attached to an aromatic ring is 1. The van der Waals surface area contributed by atoms with E-state index in [-0.39, 0.29) is 11.3 Å². The highest BCUT2D eigenvalue weighted by Crippen LogP contribution is 2.26. The van der Waals surface area contributed by atoms with E-state index in [1.165, 1.54) is 6.07 Å². The summed E-state index contributed by atoms with van der Waals surface area (Å²) in [6.45, 7) is 0. The molecule has 0 bridgehead atoms. The second-order valence-electron chi connectivity index (χ2n) is 3.76. The quantitative estimate of drug-likeness (QED) is 0.441. The van der Waals surface area contributed by atoms with Gasteiger partial charge in [0, 0.05) is 0 Å². The number of aliphatic carboxylic acids is 2. The Hall–Kier alpha value is -2.13. The lowest BCUT2D eigenvalue weighted by Crippen LogP contribution is -2.16. The molecular formula is C10H11NO7S. The van der Waals surface area contributed by atoms with Gasteiger partial charge in [-0.2, -0.15) is 8.42 Å². The van der Waals surface area contributed by atoms with Gasteiger partial charge >= 0.3 is 11.9 Å². The largest absolute Gasteiger partial charge is 0.481 e. The van der Waals surface area contributed by atoms with Crippen molar-refractivity contribution >= 4 is 27.7 Å². The van der Waals surface area contributed by atoms with Crippen molar-refractivity contribution < 1.29 is 32.8 Å². The normalized spacial score (nSPS) is 12.9. The summed E-state index contributed by atoms with van der Waals surface area (Å²) in [6, 6.07) is 3.15. The van der Waals surface area contributed by atoms with Crippen molar-refractivity contribution in [2.75, 3.05) is 5.73 Å². The summed E-state index contributed by atoms with van der Waals surface area (Å²) < 4.78 is 31.0. The first kappa shape index (κ1) is 14.9. The van der Waals surface area contributed by atoms with Gasteiger partial charge in [0.1, 0.15) is 4.90 Å². The highest BCUT2D eigenvalue weighted by atomic mass is 32.2. The molecule has 0 aliphatic heterocycles. The van der Waals surface area contributed by atoms with Crippen LogP contribution in [-0.4, -0.2) is 35.1 Å². The molecule has 1 aromatic carbocycles. The molecule has 5 N–H and O–H groups in total. The first-order valence-electron chi connectivity index (χ1n) is 4.94. The second kappa shape index (κ2) is 5.24. The zero-order valence-corrected chi connectivity index (χ0v) is 10.3. The Morgan fingerprint density at radius 2 is 1.84 bits per heavy atom. The Labute approximate surface area is 108 Å². The number of carboxylic acids is 2. The first-order chi connectivity index (χ1) is 8.62. The summed E-state index contributed by atoms with van der Waals surface area (Å²) in [6.07, 6.45) is -0.718. The Balaban J connectivity index is 3.34. The van der Waals surface area contributed by atoms with Gasteiger partial charge in [0.2, 0.25) is 0 Å². The number of rotatable bonds is 5. The molecule has 104 valence electrons. The minimum Gasteiger partial charge on any atom is -0.481 e. The van der Waals surface area contributed by atoms with Crippen LogP contribution < -0.4 is 5.73 Å². The molecule has 9 heteroatoms. The summed E-state index contributed by atoms with van der Waals surface area (Å²) in [5.41, 5.74) is 5.02. The van der Waals surface area contributed by atoms with Crippen LogP contribution in [0.15, 0.2) is 23.1 Å². The molecule has 1 rings (SSSR count). The third-order valence-corrected chi connectivity index (χ3v) is 3.30. The second-order valence-corrected chi connectivity index (χ2v) is 5.15. The maximum atomic E-state index is 11.0. The van der Waals surface area contributed by atoms with E-state index in [1.54, 1.807) is 0 Å². The topological polar surface area (TPSA) is 155 Å². The van der Waals surface area contributed by atoms with Crippen LogP contribution in [0.3, 0.4) is 0 Å². The zero-order chi connectivity index (χ0) is 14.8. The molecule has 0 aromatic heterocycles. The van der Waals surface area contributed by atoms with Gasteiger partial charge in [-0.05, 0) is 17.7 Å². The third-order valence-electron chi connectivity index (χ3n) is 2.39. The predicted molar refractivity (Wildman–Crippen MR) is 63.3 cm³/mol. The Morgan fingerprint density at radius 1 is 1.26 bits per heavy atom. The van der Waals surface area contributed by atoms with Crippen LogP contribution in [0.5, 0.6) is 0 Å². The molecule has 0 amide bonds. The maximum Gasteiger partial charge on any atom is 0.311 e. The van der Waals surface area contributed by atoms with Crippen molar-refractivity contribution in [2.45, 2.75) is 17.2 Å². The van der Waals surface area contributed by atoms with Crippen molar-refractivity contribution in [1.29, 1.82) is 0 Å². The Morgan fingerprint density at radius 3 is 2.26 bits per heavy atom. The minimum atomic E-state index is -4.61. The number of nitrogens with two attached hydrogens (primary N) is 1. The van der Waals surface area contributed by atoms with E-state index in [4.69, 9.17) is 20.5 Å². The first-order valence-corrected chi connectivity index (χ1v) is 6.38. The van der Waals surface area contributed by atoms with Crippen molar-refractivity contribution in [3.8, 4) is 0 Å². The fourth-order valence-electron chi connectivity index (χ4n) is 1.51. The van der Waals surface area contributed by atoms with Crippen molar-refractivity contribution in [1.82, 2.24) is 0 Å². The highest BCUT2D eigenvalue weighted by molar-refractivity contribution is 7.86. The monoisotopic (exact) mass is 289 g/mol. The van der Waals surface area contributed by atoms with E-state index in [1.807, 2.05) is 0 Å². The number of carbonyl (C=O) groups is 2. The van der Waals surface area contributed by atoms with Gasteiger partial charge in [0.15, 0.2) is 0 Å². The number of hydrogen-bond donors (Lipinski definition) is 4. The van der Waals surface area contributed by atoms with Crippen LogP contribution in [-0.2, 0) is 19.7 Å². The number of carboxylic acid groups (broad SMARTS) is 2. The summed E-state index contributed by atoms with van der Waals surface area (Å²) in [5, 5.41) is 17.6. The molecular weight excluding hydrogens is 278 g/mol. The van der Waals surface area contributed by atoms with Crippen LogP contribution in [0.1, 0.15) is 17.9 Å². The minimum absolute atomic E-state index is 0.0725. The van der Waals surface area contributed by atoms with Crippen LogP contribution in [0.4, 0.5) is 5.69 Å². The van der Waals surface area contributed by atoms with E-state index < -0.39 is 39.3 Å². The molecule has 0 saturated heterocycles. The van der Waals surface area contributed by atoms with Crippen LogP contribution in [0.25, 0.3) is 0 Å². The molecule has 0 fully saturated rings. The van der Waals surface area contributed by atoms with Crippen molar-refractivity contribution in [3.63, 3.8) is 0 Å². The number of anilines is 1. The summed E-state index contributed by atoms with van der Waals surface area (Å²) in [7, 11) is -4.61. The summed E-state index contributed by atoms with van der Waals surface area (Å²) >= 11 is 0. The molecule has 8 nitrogen and oxygen atoms in total. The summed E-state index contributed by atoms with van der Waals surface area (Å²) in [5.74, 6) is -4.20. The lowest BCUT2D eigenvalue weighted by molar-refractivity contribution is -0.145. The standard InChI is InChI=1S/C10H11NO7S/c11-7-2-1-5(3-8(7)19(16,17)18)6(10(14)15)4-9(12)13/h1-3,6H,4,11H2,(H,12,13)(H,14,15)(H,16,17,18). The van der Waals surface area contributed by atoms with E-state index in [0.717, 1.165) is 12.1 Å². The average molecular weight is 289 g/mol. The van der Waals surface area contributed by atoms with Gasteiger partial charge in [-0.25, -0.2) is 0 Å². The van der Waals surface area contributed by atoms with E-state index >= 15 is 0 Å². The van der Waals surface area contributed by atoms with Gasteiger partial charge in [-0.3, -0.25) is 14.1 Å². The highest BCUT2D eigenvalue weighted by Gasteiger charge is 2.25. The average Bonchev–Trinajstić information content (AvgIpc) is 2.24. The van der Waals surface area contributed by atoms with Gasteiger partial charge in [-0.1, -0.05) is 6.07 Å². The fraction of sp³-hybridized carbons (Fsp3) is 0.200. The van der Waals surface area contributed by atoms with E-state index in [9.17, 15) is 18.0 Å².